The van der Waals surface area contributed by atoms with Gasteiger partial charge in [-0.2, -0.15) is 18.4 Å². The first-order valence-corrected chi connectivity index (χ1v) is 5.87. The molecule has 0 saturated heterocycles. The average Bonchev–Trinajstić information content (AvgIpc) is 2.35. The van der Waals surface area contributed by atoms with Crippen molar-refractivity contribution in [2.24, 2.45) is 0 Å². The first-order valence-electron chi connectivity index (χ1n) is 5.87. The van der Waals surface area contributed by atoms with Gasteiger partial charge in [0, 0.05) is 11.7 Å². The van der Waals surface area contributed by atoms with E-state index in [9.17, 15) is 13.2 Å². The summed E-state index contributed by atoms with van der Waals surface area (Å²) >= 11 is 0. The number of nitriles is 1. The van der Waals surface area contributed by atoms with E-state index in [1.54, 1.807) is 12.1 Å². The van der Waals surface area contributed by atoms with E-state index < -0.39 is 11.7 Å². The summed E-state index contributed by atoms with van der Waals surface area (Å²) in [5, 5.41) is 11.7. The van der Waals surface area contributed by atoms with Gasteiger partial charge in [0.15, 0.2) is 0 Å². The maximum Gasteiger partial charge on any atom is 0.417 e. The van der Waals surface area contributed by atoms with Crippen LogP contribution >= 0.6 is 0 Å². The van der Waals surface area contributed by atoms with E-state index in [0.717, 1.165) is 18.9 Å². The van der Waals surface area contributed by atoms with Crippen LogP contribution in [0.1, 0.15) is 30.9 Å². The molecule has 1 atom stereocenters. The third-order valence-electron chi connectivity index (χ3n) is 2.66. The van der Waals surface area contributed by atoms with Gasteiger partial charge in [-0.3, -0.25) is 0 Å². The summed E-state index contributed by atoms with van der Waals surface area (Å²) < 4.78 is 38.3. The Morgan fingerprint density at radius 3 is 2.68 bits per heavy atom. The summed E-state index contributed by atoms with van der Waals surface area (Å²) in [6.07, 6.45) is -1.19. The molecule has 0 bridgehead atoms. The summed E-state index contributed by atoms with van der Waals surface area (Å²) in [5.74, 6) is 0. The number of nitrogens with one attached hydrogen (secondary N) is 1. The second kappa shape index (κ2) is 6.28. The summed E-state index contributed by atoms with van der Waals surface area (Å²) in [5.41, 5.74) is -0.907. The lowest BCUT2D eigenvalue weighted by Gasteiger charge is -2.16. The van der Waals surface area contributed by atoms with Gasteiger partial charge in [0.05, 0.1) is 17.2 Å². The largest absolute Gasteiger partial charge is 0.417 e. The first kappa shape index (κ1) is 15.1. The Morgan fingerprint density at radius 1 is 1.47 bits per heavy atom. The van der Waals surface area contributed by atoms with Gasteiger partial charge in [-0.05, 0) is 38.0 Å². The average molecular weight is 268 g/mol. The molecule has 1 aromatic rings. The van der Waals surface area contributed by atoms with Crippen LogP contribution in [-0.4, -0.2) is 6.04 Å². The maximum absolute atomic E-state index is 12.8. The van der Waals surface area contributed by atoms with Crippen LogP contribution in [0.25, 0.3) is 0 Å². The SMILES string of the molecule is C=CCCC(C)Nc1ccc(C#N)c(C(F)(F)F)c1. The van der Waals surface area contributed by atoms with Gasteiger partial charge in [-0.25, -0.2) is 0 Å². The van der Waals surface area contributed by atoms with Crippen molar-refractivity contribution in [1.29, 1.82) is 5.26 Å². The van der Waals surface area contributed by atoms with Crippen LogP contribution in [0.2, 0.25) is 0 Å². The molecule has 0 radical (unpaired) electrons. The normalized spacial score (nSPS) is 12.6. The lowest BCUT2D eigenvalue weighted by Crippen LogP contribution is -2.16. The molecule has 0 heterocycles. The number of rotatable bonds is 5. The smallest absolute Gasteiger partial charge is 0.383 e. The number of anilines is 1. The predicted octanol–water partition coefficient (Wildman–Crippen LogP) is 4.34. The van der Waals surface area contributed by atoms with E-state index in [1.807, 2.05) is 6.92 Å². The summed E-state index contributed by atoms with van der Waals surface area (Å²) in [6.45, 7) is 5.48. The second-order valence-electron chi connectivity index (χ2n) is 4.28. The standard InChI is InChI=1S/C14H15F3N2/c1-3-4-5-10(2)19-12-7-6-11(9-18)13(8-12)14(15,16)17/h3,6-8,10,19H,1,4-5H2,2H3. The van der Waals surface area contributed by atoms with Gasteiger partial charge in [-0.1, -0.05) is 6.08 Å². The zero-order chi connectivity index (χ0) is 14.5. The molecule has 0 amide bonds. The quantitative estimate of drug-likeness (QED) is 0.806. The lowest BCUT2D eigenvalue weighted by atomic mass is 10.1. The van der Waals surface area contributed by atoms with Crippen molar-refractivity contribution < 1.29 is 13.2 Å². The highest BCUT2D eigenvalue weighted by molar-refractivity contribution is 5.53. The van der Waals surface area contributed by atoms with E-state index in [1.165, 1.54) is 12.1 Å². The fourth-order valence-corrected chi connectivity index (χ4v) is 1.69. The Labute approximate surface area is 110 Å². The van der Waals surface area contributed by atoms with Crippen LogP contribution < -0.4 is 5.32 Å². The van der Waals surface area contributed by atoms with Gasteiger partial charge in [0.1, 0.15) is 0 Å². The molecule has 0 aromatic heterocycles. The Hall–Kier alpha value is -1.96. The fourth-order valence-electron chi connectivity index (χ4n) is 1.69. The Kier molecular flexibility index (Phi) is 4.99. The second-order valence-corrected chi connectivity index (χ2v) is 4.28. The van der Waals surface area contributed by atoms with E-state index in [-0.39, 0.29) is 11.6 Å². The zero-order valence-corrected chi connectivity index (χ0v) is 10.6. The monoisotopic (exact) mass is 268 g/mol. The minimum atomic E-state index is -4.52. The molecule has 0 saturated carbocycles. The zero-order valence-electron chi connectivity index (χ0n) is 10.6. The van der Waals surface area contributed by atoms with Crippen LogP contribution in [0.15, 0.2) is 30.9 Å². The predicted molar refractivity (Wildman–Crippen MR) is 68.7 cm³/mol. The summed E-state index contributed by atoms with van der Waals surface area (Å²) in [6, 6.07) is 5.24. The minimum Gasteiger partial charge on any atom is -0.383 e. The third kappa shape index (κ3) is 4.32. The number of hydrogen-bond donors (Lipinski definition) is 1. The van der Waals surface area contributed by atoms with E-state index >= 15 is 0 Å². The van der Waals surface area contributed by atoms with Crippen molar-refractivity contribution in [3.05, 3.63) is 42.0 Å². The molecule has 1 unspecified atom stereocenters. The molecular formula is C14H15F3N2. The number of halogens is 3. The first-order chi connectivity index (χ1) is 8.88. The molecule has 1 N–H and O–H groups in total. The maximum atomic E-state index is 12.8. The molecule has 0 aliphatic carbocycles. The third-order valence-corrected chi connectivity index (χ3v) is 2.66. The van der Waals surface area contributed by atoms with Crippen molar-refractivity contribution >= 4 is 5.69 Å². The van der Waals surface area contributed by atoms with Gasteiger partial charge < -0.3 is 5.32 Å². The van der Waals surface area contributed by atoms with Crippen LogP contribution in [0.4, 0.5) is 18.9 Å². The van der Waals surface area contributed by atoms with Crippen molar-refractivity contribution in [3.63, 3.8) is 0 Å². The fraction of sp³-hybridized carbons (Fsp3) is 0.357. The van der Waals surface area contributed by atoms with Gasteiger partial charge in [0.25, 0.3) is 0 Å². The Bertz CT molecular complexity index is 486. The van der Waals surface area contributed by atoms with Crippen molar-refractivity contribution in [2.75, 3.05) is 5.32 Å². The van der Waals surface area contributed by atoms with Crippen molar-refractivity contribution in [3.8, 4) is 6.07 Å². The molecule has 0 fully saturated rings. The summed E-state index contributed by atoms with van der Waals surface area (Å²) in [4.78, 5) is 0. The van der Waals surface area contributed by atoms with Crippen LogP contribution in [0.3, 0.4) is 0 Å². The molecule has 2 nitrogen and oxygen atoms in total. The number of hydrogen-bond acceptors (Lipinski definition) is 2. The molecule has 19 heavy (non-hydrogen) atoms. The number of benzene rings is 1. The number of alkyl halides is 3. The van der Waals surface area contributed by atoms with Crippen LogP contribution in [0.5, 0.6) is 0 Å². The Balaban J connectivity index is 2.93. The number of allylic oxidation sites excluding steroid dienone is 1. The van der Waals surface area contributed by atoms with E-state index in [4.69, 9.17) is 5.26 Å². The molecule has 0 spiro atoms. The van der Waals surface area contributed by atoms with E-state index in [0.29, 0.717) is 5.69 Å². The van der Waals surface area contributed by atoms with Crippen LogP contribution in [0, 0.1) is 11.3 Å². The van der Waals surface area contributed by atoms with Crippen LogP contribution in [-0.2, 0) is 6.18 Å². The van der Waals surface area contributed by atoms with Gasteiger partial charge in [-0.15, -0.1) is 6.58 Å². The molecule has 1 rings (SSSR count). The summed E-state index contributed by atoms with van der Waals surface area (Å²) in [7, 11) is 0. The van der Waals surface area contributed by atoms with Crippen molar-refractivity contribution in [1.82, 2.24) is 0 Å². The molecule has 5 heteroatoms. The van der Waals surface area contributed by atoms with Gasteiger partial charge in [0.2, 0.25) is 0 Å². The highest BCUT2D eigenvalue weighted by Gasteiger charge is 2.33. The highest BCUT2D eigenvalue weighted by Crippen LogP contribution is 2.33. The minimum absolute atomic E-state index is 0.0343. The lowest BCUT2D eigenvalue weighted by molar-refractivity contribution is -0.137. The van der Waals surface area contributed by atoms with Crippen molar-refractivity contribution in [2.45, 2.75) is 32.0 Å². The number of nitrogens with zero attached hydrogens (tertiary/aromatic N) is 1. The van der Waals surface area contributed by atoms with Gasteiger partial charge >= 0.3 is 6.18 Å². The molecule has 1 aromatic carbocycles. The molecule has 0 aliphatic heterocycles. The molecule has 0 aliphatic rings. The van der Waals surface area contributed by atoms with E-state index in [2.05, 4.69) is 11.9 Å². The Morgan fingerprint density at radius 2 is 2.16 bits per heavy atom. The topological polar surface area (TPSA) is 35.8 Å². The molecule has 102 valence electrons. The highest BCUT2D eigenvalue weighted by atomic mass is 19.4. The molecular weight excluding hydrogens is 253 g/mol.